The second kappa shape index (κ2) is 10.8. The van der Waals surface area contributed by atoms with Gasteiger partial charge in [0.25, 0.3) is 17.7 Å². The van der Waals surface area contributed by atoms with Crippen molar-refractivity contribution < 1.29 is 28.7 Å². The molecule has 12 heteroatoms. The van der Waals surface area contributed by atoms with Crippen molar-refractivity contribution in [3.05, 3.63) is 75.4 Å². The molecule has 4 rings (SSSR count). The van der Waals surface area contributed by atoms with Gasteiger partial charge in [0.05, 0.1) is 25.1 Å². The van der Waals surface area contributed by atoms with Gasteiger partial charge in [0.15, 0.2) is 5.13 Å². The normalized spacial score (nSPS) is 13.1. The highest BCUT2D eigenvalue weighted by atomic mass is 35.5. The summed E-state index contributed by atoms with van der Waals surface area (Å²) in [6.45, 7) is 3.57. The molecule has 3 amide bonds. The van der Waals surface area contributed by atoms with E-state index in [0.717, 1.165) is 16.2 Å². The van der Waals surface area contributed by atoms with Crippen LogP contribution < -0.4 is 20.3 Å². The maximum Gasteiger partial charge on any atom is 0.350 e. The van der Waals surface area contributed by atoms with E-state index in [9.17, 15) is 19.2 Å². The summed E-state index contributed by atoms with van der Waals surface area (Å²) < 4.78 is 10.3. The van der Waals surface area contributed by atoms with Crippen molar-refractivity contribution in [2.24, 2.45) is 0 Å². The Morgan fingerprint density at radius 3 is 2.59 bits per heavy atom. The second-order valence-electron chi connectivity index (χ2n) is 7.62. The van der Waals surface area contributed by atoms with Crippen LogP contribution in [0.1, 0.15) is 32.6 Å². The Balaban J connectivity index is 1.52. The van der Waals surface area contributed by atoms with Crippen molar-refractivity contribution in [2.75, 3.05) is 29.3 Å². The third-order valence-corrected chi connectivity index (χ3v) is 6.63. The number of halogens is 1. The van der Waals surface area contributed by atoms with Crippen LogP contribution in [-0.4, -0.2) is 42.4 Å². The molecule has 0 saturated carbocycles. The number of aromatic nitrogens is 1. The van der Waals surface area contributed by atoms with E-state index in [1.165, 1.54) is 13.2 Å². The Morgan fingerprint density at radius 2 is 1.86 bits per heavy atom. The largest absolute Gasteiger partial charge is 0.495 e. The summed E-state index contributed by atoms with van der Waals surface area (Å²) in [6.07, 6.45) is 0. The fourth-order valence-corrected chi connectivity index (χ4v) is 4.60. The monoisotopic (exact) mass is 540 g/mol. The summed E-state index contributed by atoms with van der Waals surface area (Å²) in [5, 5.41) is 5.44. The van der Waals surface area contributed by atoms with Gasteiger partial charge in [0.1, 0.15) is 21.4 Å². The number of aryl methyl sites for hydroxylation is 1. The first kappa shape index (κ1) is 25.9. The van der Waals surface area contributed by atoms with Gasteiger partial charge in [-0.25, -0.2) is 14.7 Å². The van der Waals surface area contributed by atoms with Crippen LogP contribution >= 0.6 is 22.9 Å². The molecule has 2 aromatic carbocycles. The molecule has 2 heterocycles. The van der Waals surface area contributed by atoms with Crippen molar-refractivity contribution in [2.45, 2.75) is 13.8 Å². The van der Waals surface area contributed by atoms with Crippen LogP contribution in [0.3, 0.4) is 0 Å². The molecule has 1 aliphatic rings. The lowest BCUT2D eigenvalue weighted by Crippen LogP contribution is -2.32. The van der Waals surface area contributed by atoms with Gasteiger partial charge in [-0.2, -0.15) is 0 Å². The summed E-state index contributed by atoms with van der Waals surface area (Å²) >= 11 is 7.24. The lowest BCUT2D eigenvalue weighted by molar-refractivity contribution is -0.120. The van der Waals surface area contributed by atoms with Gasteiger partial charge in [-0.1, -0.05) is 41.1 Å². The van der Waals surface area contributed by atoms with Crippen LogP contribution in [0.25, 0.3) is 0 Å². The third kappa shape index (κ3) is 5.18. The zero-order chi connectivity index (χ0) is 26.7. The SMILES string of the molecule is CCOC(=O)c1sc(NC(=O)c2cccc(NC3=C(Cl)C(=O)N(c4ccccc4OC)C3=O)c2)nc1C. The second-order valence-corrected chi connectivity index (χ2v) is 9.00. The lowest BCUT2D eigenvalue weighted by atomic mass is 10.2. The molecule has 2 N–H and O–H groups in total. The number of hydrogen-bond donors (Lipinski definition) is 2. The molecule has 0 spiro atoms. The Hall–Kier alpha value is -4.22. The number of benzene rings is 2. The van der Waals surface area contributed by atoms with E-state index in [4.69, 9.17) is 21.1 Å². The van der Waals surface area contributed by atoms with Gasteiger partial charge in [0.2, 0.25) is 0 Å². The van der Waals surface area contributed by atoms with Crippen LogP contribution in [0.4, 0.5) is 16.5 Å². The third-order valence-electron chi connectivity index (χ3n) is 5.23. The molecule has 1 aromatic heterocycles. The first-order chi connectivity index (χ1) is 17.7. The highest BCUT2D eigenvalue weighted by Crippen LogP contribution is 2.35. The van der Waals surface area contributed by atoms with Crippen LogP contribution in [0.2, 0.25) is 0 Å². The average molecular weight is 541 g/mol. The topological polar surface area (TPSA) is 127 Å². The number of rotatable bonds is 8. The van der Waals surface area contributed by atoms with Gasteiger partial charge in [-0.3, -0.25) is 19.7 Å². The number of ether oxygens (including phenoxy) is 2. The smallest absolute Gasteiger partial charge is 0.350 e. The molecule has 10 nitrogen and oxygen atoms in total. The minimum absolute atomic E-state index is 0.134. The van der Waals surface area contributed by atoms with Crippen molar-refractivity contribution in [3.63, 3.8) is 0 Å². The van der Waals surface area contributed by atoms with E-state index < -0.39 is 23.7 Å². The summed E-state index contributed by atoms with van der Waals surface area (Å²) in [4.78, 5) is 56.2. The molecular weight excluding hydrogens is 520 g/mol. The van der Waals surface area contributed by atoms with Gasteiger partial charge >= 0.3 is 5.97 Å². The van der Waals surface area contributed by atoms with Gasteiger partial charge in [-0.15, -0.1) is 0 Å². The molecule has 0 fully saturated rings. The van der Waals surface area contributed by atoms with Crippen LogP contribution in [0.15, 0.2) is 59.3 Å². The number of carbonyl (C=O) groups excluding carboxylic acids is 4. The van der Waals surface area contributed by atoms with Crippen molar-refractivity contribution >= 4 is 63.1 Å². The number of imide groups is 1. The quantitative estimate of drug-likeness (QED) is 0.319. The van der Waals surface area contributed by atoms with E-state index in [-0.39, 0.29) is 33.7 Å². The number of anilines is 3. The Morgan fingerprint density at radius 1 is 1.11 bits per heavy atom. The molecule has 0 unspecified atom stereocenters. The minimum Gasteiger partial charge on any atom is -0.495 e. The van der Waals surface area contributed by atoms with Gasteiger partial charge < -0.3 is 14.8 Å². The van der Waals surface area contributed by atoms with E-state index in [1.807, 2.05) is 0 Å². The Bertz CT molecular complexity index is 1450. The summed E-state index contributed by atoms with van der Waals surface area (Å²) in [5.41, 5.74) is 1.16. The molecule has 0 radical (unpaired) electrons. The number of hydrogen-bond acceptors (Lipinski definition) is 9. The standard InChI is InChI=1S/C25H21ClN4O6S/c1-4-36-24(34)20-13(2)27-25(37-20)29-21(31)14-8-7-9-15(12-14)28-19-18(26)22(32)30(23(19)33)16-10-5-6-11-17(16)35-3/h5-12,28H,4H2,1-3H3,(H,27,29,31). The summed E-state index contributed by atoms with van der Waals surface area (Å²) in [7, 11) is 1.43. The predicted molar refractivity (Wildman–Crippen MR) is 139 cm³/mol. The molecule has 0 saturated heterocycles. The van der Waals surface area contributed by atoms with Gasteiger partial charge in [-0.05, 0) is 44.2 Å². The average Bonchev–Trinajstić information content (AvgIpc) is 3.35. The molecule has 3 aromatic rings. The highest BCUT2D eigenvalue weighted by molar-refractivity contribution is 7.17. The highest BCUT2D eigenvalue weighted by Gasteiger charge is 2.40. The number of para-hydroxylation sites is 2. The number of nitrogens with one attached hydrogen (secondary N) is 2. The maximum absolute atomic E-state index is 13.1. The van der Waals surface area contributed by atoms with E-state index in [2.05, 4.69) is 15.6 Å². The Kier molecular flexibility index (Phi) is 7.55. The number of nitrogens with zero attached hydrogens (tertiary/aromatic N) is 2. The molecule has 0 bridgehead atoms. The van der Waals surface area contributed by atoms with E-state index in [0.29, 0.717) is 22.0 Å². The lowest BCUT2D eigenvalue weighted by Gasteiger charge is -2.18. The molecule has 1 aliphatic heterocycles. The van der Waals surface area contributed by atoms with Crippen molar-refractivity contribution in [1.29, 1.82) is 0 Å². The molecule has 0 atom stereocenters. The van der Waals surface area contributed by atoms with E-state index in [1.54, 1.807) is 56.3 Å². The Labute approximate surface area is 220 Å². The maximum atomic E-state index is 13.1. The number of methoxy groups -OCH3 is 1. The van der Waals surface area contributed by atoms with Crippen LogP contribution in [-0.2, 0) is 14.3 Å². The van der Waals surface area contributed by atoms with Crippen LogP contribution in [0.5, 0.6) is 5.75 Å². The molecule has 37 heavy (non-hydrogen) atoms. The van der Waals surface area contributed by atoms with Crippen molar-refractivity contribution in [3.8, 4) is 5.75 Å². The fourth-order valence-electron chi connectivity index (χ4n) is 3.53. The zero-order valence-corrected chi connectivity index (χ0v) is 21.5. The van der Waals surface area contributed by atoms with E-state index >= 15 is 0 Å². The molecular formula is C25H21ClN4O6S. The zero-order valence-electron chi connectivity index (χ0n) is 20.0. The number of esters is 1. The minimum atomic E-state index is -0.705. The number of carbonyl (C=O) groups is 4. The number of amides is 3. The van der Waals surface area contributed by atoms with Crippen LogP contribution in [0, 0.1) is 6.92 Å². The predicted octanol–water partition coefficient (Wildman–Crippen LogP) is 4.32. The van der Waals surface area contributed by atoms with Crippen molar-refractivity contribution in [1.82, 2.24) is 4.98 Å². The first-order valence-electron chi connectivity index (χ1n) is 11.0. The summed E-state index contributed by atoms with van der Waals surface area (Å²) in [5.74, 6) is -2.04. The molecule has 190 valence electrons. The first-order valence-corrected chi connectivity index (χ1v) is 12.2. The number of thiazole rings is 1. The van der Waals surface area contributed by atoms with Gasteiger partial charge in [0, 0.05) is 11.3 Å². The molecule has 0 aliphatic carbocycles. The summed E-state index contributed by atoms with van der Waals surface area (Å²) in [6, 6.07) is 12.8. The fraction of sp³-hybridized carbons (Fsp3) is 0.160.